The number of fused-ring (bicyclic) bond motifs is 1. The summed E-state index contributed by atoms with van der Waals surface area (Å²) < 4.78 is 0. The van der Waals surface area contributed by atoms with Crippen molar-refractivity contribution >= 4 is 10.8 Å². The number of benzene rings is 1. The van der Waals surface area contributed by atoms with E-state index in [0.29, 0.717) is 6.04 Å². The third-order valence-corrected chi connectivity index (χ3v) is 4.09. The Bertz CT molecular complexity index is 590. The summed E-state index contributed by atoms with van der Waals surface area (Å²) in [6.07, 6.45) is 6.41. The molecule has 19 heavy (non-hydrogen) atoms. The van der Waals surface area contributed by atoms with Gasteiger partial charge in [-0.25, -0.2) is 0 Å². The maximum Gasteiger partial charge on any atom is 0.0346 e. The maximum absolute atomic E-state index is 4.28. The Kier molecular flexibility index (Phi) is 3.06. The van der Waals surface area contributed by atoms with Gasteiger partial charge in [-0.1, -0.05) is 26.8 Å². The van der Waals surface area contributed by atoms with Crippen molar-refractivity contribution in [1.29, 1.82) is 0 Å². The molecule has 1 unspecified atom stereocenters. The number of aromatic nitrogens is 1. The summed E-state index contributed by atoms with van der Waals surface area (Å²) in [5, 5.41) is 6.24. The normalized spacial score (nSPS) is 20.1. The molecule has 1 aliphatic heterocycles. The van der Waals surface area contributed by atoms with Crippen LogP contribution in [0.2, 0.25) is 0 Å². The molecule has 100 valence electrons. The number of nitrogens with one attached hydrogen (secondary N) is 1. The van der Waals surface area contributed by atoms with Gasteiger partial charge in [-0.15, -0.1) is 0 Å². The van der Waals surface area contributed by atoms with Gasteiger partial charge in [0.05, 0.1) is 0 Å². The molecule has 1 fully saturated rings. The Labute approximate surface area is 115 Å². The fourth-order valence-electron chi connectivity index (χ4n) is 2.91. The van der Waals surface area contributed by atoms with Gasteiger partial charge in [0.15, 0.2) is 0 Å². The third kappa shape index (κ3) is 2.37. The van der Waals surface area contributed by atoms with Crippen molar-refractivity contribution in [1.82, 2.24) is 10.3 Å². The average Bonchev–Trinajstić information content (AvgIpc) is 2.90. The topological polar surface area (TPSA) is 24.9 Å². The lowest BCUT2D eigenvalue weighted by Gasteiger charge is -2.23. The lowest BCUT2D eigenvalue weighted by Crippen LogP contribution is -2.16. The van der Waals surface area contributed by atoms with Crippen LogP contribution in [-0.4, -0.2) is 11.5 Å². The van der Waals surface area contributed by atoms with Crippen LogP contribution < -0.4 is 5.32 Å². The minimum absolute atomic E-state index is 0.178. The van der Waals surface area contributed by atoms with Gasteiger partial charge >= 0.3 is 0 Å². The number of hydrogen-bond donors (Lipinski definition) is 1. The highest BCUT2D eigenvalue weighted by Gasteiger charge is 2.22. The van der Waals surface area contributed by atoms with Crippen LogP contribution in [0.5, 0.6) is 0 Å². The Morgan fingerprint density at radius 2 is 2.11 bits per heavy atom. The summed E-state index contributed by atoms with van der Waals surface area (Å²) in [5.74, 6) is 0. The average molecular weight is 254 g/mol. The van der Waals surface area contributed by atoms with Crippen LogP contribution in [0.3, 0.4) is 0 Å². The molecule has 2 heterocycles. The molecule has 0 aliphatic carbocycles. The minimum Gasteiger partial charge on any atom is -0.310 e. The summed E-state index contributed by atoms with van der Waals surface area (Å²) in [6, 6.07) is 7.34. The van der Waals surface area contributed by atoms with Gasteiger partial charge in [0.2, 0.25) is 0 Å². The fraction of sp³-hybridized carbons (Fsp3) is 0.471. The second kappa shape index (κ2) is 4.61. The highest BCUT2D eigenvalue weighted by Crippen LogP contribution is 2.34. The van der Waals surface area contributed by atoms with Crippen LogP contribution in [-0.2, 0) is 5.41 Å². The second-order valence-corrected chi connectivity index (χ2v) is 6.56. The predicted octanol–water partition coefficient (Wildman–Crippen LogP) is 3.96. The summed E-state index contributed by atoms with van der Waals surface area (Å²) >= 11 is 0. The summed E-state index contributed by atoms with van der Waals surface area (Å²) in [7, 11) is 0. The lowest BCUT2D eigenvalue weighted by atomic mass is 9.83. The molecule has 0 spiro atoms. The molecule has 2 aromatic rings. The number of hydrogen-bond acceptors (Lipinski definition) is 2. The molecule has 0 radical (unpaired) electrons. The Balaban J connectivity index is 2.21. The van der Waals surface area contributed by atoms with Crippen molar-refractivity contribution in [2.75, 3.05) is 6.54 Å². The molecular formula is C17H22N2. The zero-order chi connectivity index (χ0) is 13.5. The van der Waals surface area contributed by atoms with E-state index < -0.39 is 0 Å². The van der Waals surface area contributed by atoms with E-state index in [-0.39, 0.29) is 5.41 Å². The standard InChI is InChI=1S/C17H22N2/c1-17(2,3)13-9-12-11-18-8-6-14(12)15(10-13)16-5-4-7-19-16/h6,8-11,16,19H,4-5,7H2,1-3H3. The van der Waals surface area contributed by atoms with Crippen LogP contribution in [0.15, 0.2) is 30.6 Å². The van der Waals surface area contributed by atoms with E-state index in [0.717, 1.165) is 6.54 Å². The molecule has 0 bridgehead atoms. The van der Waals surface area contributed by atoms with Crippen LogP contribution in [0.1, 0.15) is 50.8 Å². The largest absolute Gasteiger partial charge is 0.310 e. The van der Waals surface area contributed by atoms with E-state index in [1.165, 1.54) is 34.7 Å². The van der Waals surface area contributed by atoms with Gasteiger partial charge in [-0.3, -0.25) is 4.98 Å². The quantitative estimate of drug-likeness (QED) is 0.833. The first kappa shape index (κ1) is 12.6. The maximum atomic E-state index is 4.28. The van der Waals surface area contributed by atoms with E-state index in [9.17, 15) is 0 Å². The molecule has 0 saturated carbocycles. The molecule has 0 amide bonds. The highest BCUT2D eigenvalue weighted by atomic mass is 14.9. The number of nitrogens with zero attached hydrogens (tertiary/aromatic N) is 1. The first-order valence-corrected chi connectivity index (χ1v) is 7.17. The molecule has 1 aliphatic rings. The van der Waals surface area contributed by atoms with Gasteiger partial charge in [0, 0.05) is 23.8 Å². The van der Waals surface area contributed by atoms with Gasteiger partial charge in [-0.2, -0.15) is 0 Å². The number of rotatable bonds is 1. The Hall–Kier alpha value is -1.41. The molecule has 1 aromatic heterocycles. The summed E-state index contributed by atoms with van der Waals surface area (Å²) in [6.45, 7) is 7.96. The number of pyridine rings is 1. The molecule has 1 saturated heterocycles. The van der Waals surface area contributed by atoms with Crippen molar-refractivity contribution < 1.29 is 0 Å². The summed E-state index contributed by atoms with van der Waals surface area (Å²) in [5.41, 5.74) is 3.02. The van der Waals surface area contributed by atoms with Crippen LogP contribution >= 0.6 is 0 Å². The summed E-state index contributed by atoms with van der Waals surface area (Å²) in [4.78, 5) is 4.28. The SMILES string of the molecule is CC(C)(C)c1cc(C2CCCN2)c2ccncc2c1. The monoisotopic (exact) mass is 254 g/mol. The van der Waals surface area contributed by atoms with Crippen molar-refractivity contribution in [3.05, 3.63) is 41.7 Å². The van der Waals surface area contributed by atoms with Crippen molar-refractivity contribution in [2.24, 2.45) is 0 Å². The smallest absolute Gasteiger partial charge is 0.0346 e. The van der Waals surface area contributed by atoms with E-state index in [2.05, 4.69) is 49.3 Å². The molecular weight excluding hydrogens is 232 g/mol. The first-order chi connectivity index (χ1) is 9.05. The zero-order valence-corrected chi connectivity index (χ0v) is 12.0. The molecule has 3 rings (SSSR count). The zero-order valence-electron chi connectivity index (χ0n) is 12.0. The minimum atomic E-state index is 0.178. The van der Waals surface area contributed by atoms with Crippen LogP contribution in [0.25, 0.3) is 10.8 Å². The van der Waals surface area contributed by atoms with E-state index in [4.69, 9.17) is 0 Å². The molecule has 1 atom stereocenters. The van der Waals surface area contributed by atoms with Crippen molar-refractivity contribution in [3.63, 3.8) is 0 Å². The molecule has 1 aromatic carbocycles. The van der Waals surface area contributed by atoms with Crippen molar-refractivity contribution in [2.45, 2.75) is 45.1 Å². The predicted molar refractivity (Wildman–Crippen MR) is 80.4 cm³/mol. The van der Waals surface area contributed by atoms with Crippen molar-refractivity contribution in [3.8, 4) is 0 Å². The molecule has 2 heteroatoms. The van der Waals surface area contributed by atoms with E-state index in [1.54, 1.807) is 0 Å². The molecule has 2 nitrogen and oxygen atoms in total. The highest BCUT2D eigenvalue weighted by molar-refractivity contribution is 5.86. The second-order valence-electron chi connectivity index (χ2n) is 6.56. The lowest BCUT2D eigenvalue weighted by molar-refractivity contribution is 0.586. The fourth-order valence-corrected chi connectivity index (χ4v) is 2.91. The van der Waals surface area contributed by atoms with E-state index in [1.807, 2.05) is 12.4 Å². The van der Waals surface area contributed by atoms with Gasteiger partial charge in [0.1, 0.15) is 0 Å². The Morgan fingerprint density at radius 1 is 1.26 bits per heavy atom. The van der Waals surface area contributed by atoms with Gasteiger partial charge in [-0.05, 0) is 53.4 Å². The van der Waals surface area contributed by atoms with Crippen LogP contribution in [0.4, 0.5) is 0 Å². The van der Waals surface area contributed by atoms with Crippen LogP contribution in [0, 0.1) is 0 Å². The Morgan fingerprint density at radius 3 is 2.79 bits per heavy atom. The van der Waals surface area contributed by atoms with Gasteiger partial charge in [0.25, 0.3) is 0 Å². The third-order valence-electron chi connectivity index (χ3n) is 4.09. The molecule has 1 N–H and O–H groups in total. The van der Waals surface area contributed by atoms with E-state index >= 15 is 0 Å². The first-order valence-electron chi connectivity index (χ1n) is 7.17. The van der Waals surface area contributed by atoms with Gasteiger partial charge < -0.3 is 5.32 Å².